The van der Waals surface area contributed by atoms with E-state index < -0.39 is 46.1 Å². The first kappa shape index (κ1) is 25.8. The lowest BCUT2D eigenvalue weighted by Crippen LogP contribution is -2.25. The number of carbonyl (C=O) groups excluding carboxylic acids is 2. The Labute approximate surface area is 198 Å². The van der Waals surface area contributed by atoms with E-state index in [1.54, 1.807) is 20.8 Å². The lowest BCUT2D eigenvalue weighted by molar-refractivity contribution is -0.154. The monoisotopic (exact) mass is 492 g/mol. The van der Waals surface area contributed by atoms with Crippen LogP contribution in [0.15, 0.2) is 51.7 Å². The van der Waals surface area contributed by atoms with Gasteiger partial charge in [0.15, 0.2) is 0 Å². The lowest BCUT2D eigenvalue weighted by atomic mass is 9.97. The zero-order valence-electron chi connectivity index (χ0n) is 19.4. The van der Waals surface area contributed by atoms with Gasteiger partial charge in [-0.2, -0.15) is 13.2 Å². The van der Waals surface area contributed by atoms with Crippen LogP contribution >= 0.6 is 0 Å². The minimum Gasteiger partial charge on any atom is -0.462 e. The van der Waals surface area contributed by atoms with Crippen LogP contribution in [0.25, 0.3) is 11.0 Å². The van der Waals surface area contributed by atoms with Crippen LogP contribution in [0, 0.1) is 5.41 Å². The maximum atomic E-state index is 13.8. The normalized spacial score (nSPS) is 11.9. The first-order valence-corrected chi connectivity index (χ1v) is 10.7. The second-order valence-electron chi connectivity index (χ2n) is 8.65. The number of rotatable bonds is 6. The smallest absolute Gasteiger partial charge is 0.453 e. The number of halogens is 3. The van der Waals surface area contributed by atoms with Crippen molar-refractivity contribution < 1.29 is 41.4 Å². The predicted octanol–water partition coefficient (Wildman–Crippen LogP) is 6.12. The van der Waals surface area contributed by atoms with E-state index in [1.807, 2.05) is 6.92 Å². The largest absolute Gasteiger partial charge is 0.462 e. The third-order valence-corrected chi connectivity index (χ3v) is 4.65. The topological polar surface area (TPSA) is 92.0 Å². The molecule has 10 heteroatoms. The van der Waals surface area contributed by atoms with Crippen molar-refractivity contribution in [3.05, 3.63) is 64.0 Å². The zero-order chi connectivity index (χ0) is 26.0. The summed E-state index contributed by atoms with van der Waals surface area (Å²) in [5.74, 6) is -4.12. The van der Waals surface area contributed by atoms with Crippen LogP contribution in [0.5, 0.6) is 17.2 Å². The van der Waals surface area contributed by atoms with E-state index in [0.29, 0.717) is 6.42 Å². The van der Waals surface area contributed by atoms with E-state index >= 15 is 0 Å². The number of fused-ring (bicyclic) bond motifs is 1. The minimum absolute atomic E-state index is 0.0760. The van der Waals surface area contributed by atoms with Gasteiger partial charge in [0.25, 0.3) is 5.76 Å². The van der Waals surface area contributed by atoms with E-state index in [9.17, 15) is 27.6 Å². The average molecular weight is 492 g/mol. The molecular weight excluding hydrogens is 469 g/mol. The molecule has 0 amide bonds. The number of benzene rings is 2. The van der Waals surface area contributed by atoms with Crippen LogP contribution in [0.1, 0.15) is 50.2 Å². The van der Waals surface area contributed by atoms with Crippen LogP contribution in [0.4, 0.5) is 13.2 Å². The Morgan fingerprint density at radius 1 is 0.971 bits per heavy atom. The highest BCUT2D eigenvalue weighted by atomic mass is 19.4. The molecule has 7 nitrogen and oxygen atoms in total. The molecule has 0 saturated heterocycles. The van der Waals surface area contributed by atoms with Crippen molar-refractivity contribution in [2.45, 2.75) is 40.3 Å². The van der Waals surface area contributed by atoms with Gasteiger partial charge in [0.2, 0.25) is 11.2 Å². The van der Waals surface area contributed by atoms with Crippen LogP contribution in [0.2, 0.25) is 0 Å². The predicted molar refractivity (Wildman–Crippen MR) is 120 cm³/mol. The third-order valence-electron chi connectivity index (χ3n) is 4.65. The van der Waals surface area contributed by atoms with E-state index in [0.717, 1.165) is 6.07 Å². The fraction of sp³-hybridized carbons (Fsp3) is 0.320. The molecule has 1 aromatic heterocycles. The molecule has 3 aromatic rings. The molecule has 2 aromatic carbocycles. The molecular formula is C25H23F3O7. The van der Waals surface area contributed by atoms with Gasteiger partial charge in [-0.25, -0.2) is 4.79 Å². The summed E-state index contributed by atoms with van der Waals surface area (Å²) in [6, 6.07) is 8.58. The molecule has 0 N–H and O–H groups in total. The van der Waals surface area contributed by atoms with Gasteiger partial charge in [-0.1, -0.05) is 6.92 Å². The fourth-order valence-corrected chi connectivity index (χ4v) is 2.81. The Morgan fingerprint density at radius 2 is 1.60 bits per heavy atom. The van der Waals surface area contributed by atoms with Crippen LogP contribution < -0.4 is 14.9 Å². The van der Waals surface area contributed by atoms with Crippen LogP contribution in [-0.4, -0.2) is 18.5 Å². The molecule has 186 valence electrons. The standard InChI is InChI=1S/C25H23F3O7/c1-5-12-32-22(30)14-6-8-15(9-7-14)33-20-19(29)17-11-10-16(34-23(31)24(2,3)4)13-18(17)35-21(20)25(26,27)28/h6-11,13H,5,12H2,1-4H3. The van der Waals surface area contributed by atoms with E-state index in [4.69, 9.17) is 18.6 Å². The molecule has 0 aliphatic carbocycles. The molecule has 0 unspecified atom stereocenters. The van der Waals surface area contributed by atoms with Crippen molar-refractivity contribution in [2.75, 3.05) is 6.61 Å². The molecule has 0 spiro atoms. The van der Waals surface area contributed by atoms with Gasteiger partial charge in [0, 0.05) is 6.07 Å². The summed E-state index contributed by atoms with van der Waals surface area (Å²) in [5, 5.41) is -0.205. The Bertz CT molecular complexity index is 1300. The molecule has 0 aliphatic rings. The molecule has 0 fully saturated rings. The van der Waals surface area contributed by atoms with E-state index in [1.165, 1.54) is 36.4 Å². The summed E-state index contributed by atoms with van der Waals surface area (Å²) in [6.45, 7) is 6.89. The summed E-state index contributed by atoms with van der Waals surface area (Å²) < 4.78 is 61.7. The SMILES string of the molecule is CCCOC(=O)c1ccc(Oc2c(C(F)(F)F)oc3cc(OC(=O)C(C)(C)C)ccc3c2=O)cc1. The molecule has 0 atom stereocenters. The van der Waals surface area contributed by atoms with Crippen molar-refractivity contribution in [3.8, 4) is 17.2 Å². The number of ether oxygens (including phenoxy) is 3. The summed E-state index contributed by atoms with van der Waals surface area (Å²) >= 11 is 0. The van der Waals surface area contributed by atoms with Gasteiger partial charge in [0.1, 0.15) is 17.1 Å². The van der Waals surface area contributed by atoms with Crippen molar-refractivity contribution in [1.29, 1.82) is 0 Å². The Hall–Kier alpha value is -3.82. The number of alkyl halides is 3. The van der Waals surface area contributed by atoms with Crippen molar-refractivity contribution >= 4 is 22.9 Å². The molecule has 35 heavy (non-hydrogen) atoms. The maximum absolute atomic E-state index is 13.8. The first-order chi connectivity index (χ1) is 16.3. The second-order valence-corrected chi connectivity index (χ2v) is 8.65. The van der Waals surface area contributed by atoms with Crippen LogP contribution in [-0.2, 0) is 15.7 Å². The van der Waals surface area contributed by atoms with Gasteiger partial charge in [-0.05, 0) is 63.6 Å². The summed E-state index contributed by atoms with van der Waals surface area (Å²) in [6.07, 6.45) is -4.43. The van der Waals surface area contributed by atoms with Crippen molar-refractivity contribution in [2.24, 2.45) is 5.41 Å². The Kier molecular flexibility index (Phi) is 7.23. The summed E-state index contributed by atoms with van der Waals surface area (Å²) in [7, 11) is 0. The number of esters is 2. The summed E-state index contributed by atoms with van der Waals surface area (Å²) in [4.78, 5) is 36.9. The number of carbonyl (C=O) groups is 2. The Balaban J connectivity index is 2.00. The Morgan fingerprint density at radius 3 is 2.17 bits per heavy atom. The molecule has 0 bridgehead atoms. The van der Waals surface area contributed by atoms with E-state index in [-0.39, 0.29) is 29.1 Å². The fourth-order valence-electron chi connectivity index (χ4n) is 2.81. The summed E-state index contributed by atoms with van der Waals surface area (Å²) in [5.41, 5.74) is -2.18. The minimum atomic E-state index is -5.06. The lowest BCUT2D eigenvalue weighted by Gasteiger charge is -2.17. The van der Waals surface area contributed by atoms with Gasteiger partial charge in [-0.15, -0.1) is 0 Å². The second kappa shape index (κ2) is 9.81. The molecule has 1 heterocycles. The van der Waals surface area contributed by atoms with Gasteiger partial charge < -0.3 is 18.6 Å². The van der Waals surface area contributed by atoms with Gasteiger partial charge >= 0.3 is 18.1 Å². The molecule has 3 rings (SSSR count). The first-order valence-electron chi connectivity index (χ1n) is 10.7. The highest BCUT2D eigenvalue weighted by Crippen LogP contribution is 2.38. The zero-order valence-corrected chi connectivity index (χ0v) is 19.4. The number of hydrogen-bond donors (Lipinski definition) is 0. The number of hydrogen-bond acceptors (Lipinski definition) is 7. The highest BCUT2D eigenvalue weighted by Gasteiger charge is 2.40. The van der Waals surface area contributed by atoms with Crippen LogP contribution in [0.3, 0.4) is 0 Å². The maximum Gasteiger partial charge on any atom is 0.453 e. The molecule has 0 radical (unpaired) electrons. The average Bonchev–Trinajstić information content (AvgIpc) is 2.78. The highest BCUT2D eigenvalue weighted by molar-refractivity contribution is 5.89. The van der Waals surface area contributed by atoms with Gasteiger partial charge in [-0.3, -0.25) is 9.59 Å². The molecule has 0 aliphatic heterocycles. The van der Waals surface area contributed by atoms with Crippen molar-refractivity contribution in [3.63, 3.8) is 0 Å². The quantitative estimate of drug-likeness (QED) is 0.302. The molecule has 0 saturated carbocycles. The van der Waals surface area contributed by atoms with Gasteiger partial charge in [0.05, 0.1) is 23.0 Å². The van der Waals surface area contributed by atoms with E-state index in [2.05, 4.69) is 0 Å². The van der Waals surface area contributed by atoms with Crippen molar-refractivity contribution in [1.82, 2.24) is 0 Å². The third kappa shape index (κ3) is 6.00.